The maximum atomic E-state index is 11.8. The average Bonchev–Trinajstić information content (AvgIpc) is 3.07. The first-order valence-corrected chi connectivity index (χ1v) is 9.91. The van der Waals surface area contributed by atoms with E-state index in [1.807, 2.05) is 4.90 Å². The van der Waals surface area contributed by atoms with Gasteiger partial charge in [-0.3, -0.25) is 0 Å². The van der Waals surface area contributed by atoms with Crippen molar-refractivity contribution in [3.05, 3.63) is 22.2 Å². The smallest absolute Gasteiger partial charge is 0.317 e. The molecule has 1 unspecified atom stereocenters. The Hall–Kier alpha value is -1.37. The molecule has 1 aromatic carbocycles. The molecule has 3 aliphatic heterocycles. The number of carbonyl (C=O) groups is 1. The second-order valence-electron chi connectivity index (χ2n) is 7.05. The molecule has 2 fully saturated rings. The molecule has 1 N–H and O–H groups in total. The van der Waals surface area contributed by atoms with Gasteiger partial charge in [0.25, 0.3) is 0 Å². The monoisotopic (exact) mass is 399 g/mol. The molecule has 1 atom stereocenters. The zero-order valence-electron chi connectivity index (χ0n) is 14.5. The minimum absolute atomic E-state index is 0.0156. The van der Waals surface area contributed by atoms with Crippen molar-refractivity contribution in [2.75, 3.05) is 39.3 Å². The standard InChI is InChI=1S/C18H23Cl2N3O3/c19-14-9-16-17(10-15(14)20)26-13(11-25-16)3-7-22-5-1-12(2-6-22)23-8-4-21-18(23)24/h9-10,12-13H,1-8,11H2,(H,21,24). The molecule has 0 aromatic heterocycles. The van der Waals surface area contributed by atoms with Crippen LogP contribution in [0.5, 0.6) is 11.5 Å². The summed E-state index contributed by atoms with van der Waals surface area (Å²) in [6, 6.07) is 3.89. The summed E-state index contributed by atoms with van der Waals surface area (Å²) in [5.74, 6) is 1.31. The molecule has 3 aliphatic rings. The molecule has 8 heteroatoms. The number of urea groups is 1. The average molecular weight is 400 g/mol. The fraction of sp³-hybridized carbons (Fsp3) is 0.611. The van der Waals surface area contributed by atoms with E-state index in [1.54, 1.807) is 12.1 Å². The first-order chi connectivity index (χ1) is 12.6. The van der Waals surface area contributed by atoms with Gasteiger partial charge in [-0.25, -0.2) is 4.79 Å². The minimum atomic E-state index is 0.0156. The second kappa shape index (κ2) is 7.71. The number of hydrogen-bond acceptors (Lipinski definition) is 4. The van der Waals surface area contributed by atoms with Crippen LogP contribution in [0.1, 0.15) is 19.3 Å². The molecular formula is C18H23Cl2N3O3. The molecule has 2 saturated heterocycles. The molecule has 0 radical (unpaired) electrons. The molecule has 142 valence electrons. The Morgan fingerprint density at radius 2 is 1.85 bits per heavy atom. The van der Waals surface area contributed by atoms with E-state index < -0.39 is 0 Å². The molecule has 1 aromatic rings. The summed E-state index contributed by atoms with van der Waals surface area (Å²) in [4.78, 5) is 16.2. The zero-order chi connectivity index (χ0) is 18.1. The van der Waals surface area contributed by atoms with Crippen LogP contribution in [0.3, 0.4) is 0 Å². The molecular weight excluding hydrogens is 377 g/mol. The molecule has 0 aliphatic carbocycles. The number of ether oxygens (including phenoxy) is 2. The van der Waals surface area contributed by atoms with Crippen LogP contribution in [0.4, 0.5) is 4.79 Å². The van der Waals surface area contributed by atoms with Gasteiger partial charge in [0.1, 0.15) is 12.7 Å². The molecule has 0 spiro atoms. The maximum absolute atomic E-state index is 11.8. The van der Waals surface area contributed by atoms with Gasteiger partial charge in [-0.2, -0.15) is 0 Å². The van der Waals surface area contributed by atoms with Crippen molar-refractivity contribution < 1.29 is 14.3 Å². The Balaban J connectivity index is 1.24. The minimum Gasteiger partial charge on any atom is -0.486 e. The molecule has 26 heavy (non-hydrogen) atoms. The predicted octanol–water partition coefficient (Wildman–Crippen LogP) is 3.01. The molecule has 0 saturated carbocycles. The van der Waals surface area contributed by atoms with Crippen molar-refractivity contribution in [3.63, 3.8) is 0 Å². The van der Waals surface area contributed by atoms with E-state index in [-0.39, 0.29) is 12.1 Å². The Morgan fingerprint density at radius 3 is 2.54 bits per heavy atom. The number of halogens is 2. The second-order valence-corrected chi connectivity index (χ2v) is 7.87. The number of nitrogens with one attached hydrogen (secondary N) is 1. The van der Waals surface area contributed by atoms with Gasteiger partial charge < -0.3 is 24.6 Å². The lowest BCUT2D eigenvalue weighted by Gasteiger charge is -2.37. The summed E-state index contributed by atoms with van der Waals surface area (Å²) in [5.41, 5.74) is 0. The lowest BCUT2D eigenvalue weighted by atomic mass is 10.0. The molecule has 6 nitrogen and oxygen atoms in total. The van der Waals surface area contributed by atoms with Gasteiger partial charge in [0.05, 0.1) is 10.0 Å². The number of likely N-dealkylation sites (tertiary alicyclic amines) is 1. The van der Waals surface area contributed by atoms with E-state index in [2.05, 4.69) is 10.2 Å². The summed E-state index contributed by atoms with van der Waals surface area (Å²) < 4.78 is 11.8. The molecule has 2 amide bonds. The molecule has 0 bridgehead atoms. The van der Waals surface area contributed by atoms with Crippen molar-refractivity contribution in [1.82, 2.24) is 15.1 Å². The summed E-state index contributed by atoms with van der Waals surface area (Å²) in [7, 11) is 0. The summed E-state index contributed by atoms with van der Waals surface area (Å²) in [6.45, 7) is 5.12. The van der Waals surface area contributed by atoms with Crippen molar-refractivity contribution in [2.24, 2.45) is 0 Å². The van der Waals surface area contributed by atoms with Crippen molar-refractivity contribution in [3.8, 4) is 11.5 Å². The van der Waals surface area contributed by atoms with Crippen molar-refractivity contribution in [1.29, 1.82) is 0 Å². The van der Waals surface area contributed by atoms with E-state index in [0.717, 1.165) is 52.0 Å². The first-order valence-electron chi connectivity index (χ1n) is 9.15. The van der Waals surface area contributed by atoms with Crippen LogP contribution in [0, 0.1) is 0 Å². The lowest BCUT2D eigenvalue weighted by Crippen LogP contribution is -2.46. The summed E-state index contributed by atoms with van der Waals surface area (Å²) in [5, 5.41) is 3.84. The Morgan fingerprint density at radius 1 is 1.12 bits per heavy atom. The Kier molecular flexibility index (Phi) is 5.34. The van der Waals surface area contributed by atoms with Gasteiger partial charge >= 0.3 is 6.03 Å². The fourth-order valence-electron chi connectivity index (χ4n) is 3.87. The number of nitrogens with zero attached hydrogens (tertiary/aromatic N) is 2. The van der Waals surface area contributed by atoms with E-state index in [0.29, 0.717) is 34.2 Å². The summed E-state index contributed by atoms with van der Waals surface area (Å²) >= 11 is 12.1. The first kappa shape index (κ1) is 18.0. The van der Waals surface area contributed by atoms with E-state index in [4.69, 9.17) is 32.7 Å². The van der Waals surface area contributed by atoms with Crippen LogP contribution < -0.4 is 14.8 Å². The van der Waals surface area contributed by atoms with Crippen LogP contribution in [0.15, 0.2) is 12.1 Å². The number of rotatable bonds is 4. The van der Waals surface area contributed by atoms with Crippen molar-refractivity contribution in [2.45, 2.75) is 31.4 Å². The van der Waals surface area contributed by atoms with Gasteiger partial charge in [-0.1, -0.05) is 23.2 Å². The highest BCUT2D eigenvalue weighted by atomic mass is 35.5. The van der Waals surface area contributed by atoms with Gasteiger partial charge in [0.2, 0.25) is 0 Å². The number of benzene rings is 1. The van der Waals surface area contributed by atoms with Crippen LogP contribution in [0.2, 0.25) is 10.0 Å². The third-order valence-electron chi connectivity index (χ3n) is 5.36. The number of amides is 2. The Bertz CT molecular complexity index is 680. The number of hydrogen-bond donors (Lipinski definition) is 1. The largest absolute Gasteiger partial charge is 0.486 e. The zero-order valence-corrected chi connectivity index (χ0v) is 16.1. The van der Waals surface area contributed by atoms with Crippen molar-refractivity contribution >= 4 is 29.2 Å². The highest BCUT2D eigenvalue weighted by molar-refractivity contribution is 6.42. The number of piperidine rings is 1. The predicted molar refractivity (Wildman–Crippen MR) is 101 cm³/mol. The van der Waals surface area contributed by atoms with Crippen LogP contribution in [-0.2, 0) is 0 Å². The highest BCUT2D eigenvalue weighted by Crippen LogP contribution is 2.39. The normalized spacial score (nSPS) is 24.0. The fourth-order valence-corrected chi connectivity index (χ4v) is 4.18. The van der Waals surface area contributed by atoms with Gasteiger partial charge in [-0.15, -0.1) is 0 Å². The molecule has 4 rings (SSSR count). The van der Waals surface area contributed by atoms with E-state index >= 15 is 0 Å². The third-order valence-corrected chi connectivity index (χ3v) is 6.08. The maximum Gasteiger partial charge on any atom is 0.317 e. The van der Waals surface area contributed by atoms with Gasteiger partial charge in [0, 0.05) is 57.3 Å². The molecule has 3 heterocycles. The van der Waals surface area contributed by atoms with Gasteiger partial charge in [-0.05, 0) is 12.8 Å². The van der Waals surface area contributed by atoms with Crippen LogP contribution >= 0.6 is 23.2 Å². The van der Waals surface area contributed by atoms with E-state index in [9.17, 15) is 4.79 Å². The topological polar surface area (TPSA) is 54.0 Å². The van der Waals surface area contributed by atoms with Crippen LogP contribution in [0.25, 0.3) is 0 Å². The summed E-state index contributed by atoms with van der Waals surface area (Å²) in [6.07, 6.45) is 2.98. The number of carbonyl (C=O) groups excluding carboxylic acids is 1. The Labute approximate surface area is 163 Å². The lowest BCUT2D eigenvalue weighted by molar-refractivity contribution is 0.0677. The SMILES string of the molecule is O=C1NCCN1C1CCN(CCC2COc3cc(Cl)c(Cl)cc3O2)CC1. The highest BCUT2D eigenvalue weighted by Gasteiger charge is 2.31. The van der Waals surface area contributed by atoms with Crippen LogP contribution in [-0.4, -0.2) is 67.3 Å². The van der Waals surface area contributed by atoms with Gasteiger partial charge in [0.15, 0.2) is 11.5 Å². The van der Waals surface area contributed by atoms with E-state index in [1.165, 1.54) is 0 Å². The third kappa shape index (κ3) is 3.82. The quantitative estimate of drug-likeness (QED) is 0.845. The number of fused-ring (bicyclic) bond motifs is 1.